The van der Waals surface area contributed by atoms with E-state index in [0.29, 0.717) is 6.07 Å². The Morgan fingerprint density at radius 2 is 2.00 bits per heavy atom. The molecule has 1 rings (SSSR count). The van der Waals surface area contributed by atoms with Crippen LogP contribution in [0.4, 0.5) is 14.5 Å². The van der Waals surface area contributed by atoms with Gasteiger partial charge in [0.1, 0.15) is 5.82 Å². The Morgan fingerprint density at radius 1 is 1.39 bits per heavy atom. The maximum atomic E-state index is 13.3. The molecule has 0 amide bonds. The van der Waals surface area contributed by atoms with Crippen molar-refractivity contribution in [2.75, 3.05) is 6.54 Å². The first-order valence-corrected chi connectivity index (χ1v) is 5.26. The molecule has 0 fully saturated rings. The Hall–Kier alpha value is -1.60. The molecule has 0 atom stereocenters. The third kappa shape index (κ3) is 4.01. The van der Waals surface area contributed by atoms with E-state index in [1.54, 1.807) is 13.8 Å². The molecule has 0 saturated heterocycles. The number of rotatable bonds is 5. The van der Waals surface area contributed by atoms with Crippen molar-refractivity contribution in [2.24, 2.45) is 0 Å². The van der Waals surface area contributed by atoms with Crippen molar-refractivity contribution in [3.05, 3.63) is 39.4 Å². The van der Waals surface area contributed by atoms with E-state index in [0.717, 1.165) is 6.07 Å². The topological polar surface area (TPSA) is 75.4 Å². The number of hydrogen-bond donors (Lipinski definition) is 2. The lowest BCUT2D eigenvalue weighted by molar-refractivity contribution is -0.387. The highest BCUT2D eigenvalue weighted by molar-refractivity contribution is 5.37. The summed E-state index contributed by atoms with van der Waals surface area (Å²) in [5.41, 5.74) is -1.77. The van der Waals surface area contributed by atoms with Crippen molar-refractivity contribution in [3.8, 4) is 0 Å². The van der Waals surface area contributed by atoms with E-state index in [9.17, 15) is 24.0 Å². The van der Waals surface area contributed by atoms with Crippen LogP contribution >= 0.6 is 0 Å². The van der Waals surface area contributed by atoms with E-state index in [-0.39, 0.29) is 18.7 Å². The van der Waals surface area contributed by atoms with Crippen molar-refractivity contribution in [1.82, 2.24) is 5.32 Å². The fraction of sp³-hybridized carbons (Fsp3) is 0.455. The Bertz CT molecular complexity index is 458. The molecule has 0 heterocycles. The van der Waals surface area contributed by atoms with Crippen molar-refractivity contribution >= 4 is 5.69 Å². The fourth-order valence-corrected chi connectivity index (χ4v) is 1.36. The number of nitrogens with zero attached hydrogens (tertiary/aromatic N) is 1. The largest absolute Gasteiger partial charge is 0.389 e. The molecular formula is C11H14F2N2O3. The highest BCUT2D eigenvalue weighted by atomic mass is 19.1. The minimum Gasteiger partial charge on any atom is -0.389 e. The van der Waals surface area contributed by atoms with E-state index in [1.165, 1.54) is 0 Å². The first-order chi connectivity index (χ1) is 8.20. The Morgan fingerprint density at radius 3 is 2.50 bits per heavy atom. The molecule has 2 N–H and O–H groups in total. The van der Waals surface area contributed by atoms with Crippen LogP contribution in [0.1, 0.15) is 19.4 Å². The number of nitro benzene ring substituents is 1. The number of halogens is 2. The molecule has 0 saturated carbocycles. The second-order valence-corrected chi connectivity index (χ2v) is 4.57. The van der Waals surface area contributed by atoms with E-state index in [1.807, 2.05) is 0 Å². The summed E-state index contributed by atoms with van der Waals surface area (Å²) in [5.74, 6) is -2.06. The summed E-state index contributed by atoms with van der Waals surface area (Å²) in [6.07, 6.45) is 0. The summed E-state index contributed by atoms with van der Waals surface area (Å²) in [4.78, 5) is 9.59. The van der Waals surface area contributed by atoms with Gasteiger partial charge in [-0.3, -0.25) is 10.1 Å². The third-order valence-corrected chi connectivity index (χ3v) is 2.19. The molecule has 0 radical (unpaired) electrons. The molecule has 0 bridgehead atoms. The maximum absolute atomic E-state index is 13.3. The lowest BCUT2D eigenvalue weighted by Crippen LogP contribution is -2.34. The number of nitro groups is 1. The van der Waals surface area contributed by atoms with Crippen LogP contribution in [0.5, 0.6) is 0 Å². The van der Waals surface area contributed by atoms with Crippen LogP contribution in [0.15, 0.2) is 12.1 Å². The van der Waals surface area contributed by atoms with E-state index < -0.39 is 27.8 Å². The minimum absolute atomic E-state index is 0.0210. The molecule has 0 unspecified atom stereocenters. The predicted octanol–water partition coefficient (Wildman–Crippen LogP) is 1.73. The quantitative estimate of drug-likeness (QED) is 0.624. The molecule has 1 aromatic carbocycles. The summed E-state index contributed by atoms with van der Waals surface area (Å²) in [6.45, 7) is 3.27. The zero-order valence-corrected chi connectivity index (χ0v) is 10.0. The van der Waals surface area contributed by atoms with Crippen molar-refractivity contribution in [3.63, 3.8) is 0 Å². The summed E-state index contributed by atoms with van der Waals surface area (Å²) < 4.78 is 26.4. The van der Waals surface area contributed by atoms with Gasteiger partial charge in [-0.05, 0) is 13.8 Å². The number of nitrogens with one attached hydrogen (secondary N) is 1. The van der Waals surface area contributed by atoms with Gasteiger partial charge in [0.15, 0.2) is 0 Å². The molecule has 1 aromatic rings. The van der Waals surface area contributed by atoms with Crippen molar-refractivity contribution in [1.29, 1.82) is 0 Å². The first-order valence-electron chi connectivity index (χ1n) is 5.26. The third-order valence-electron chi connectivity index (χ3n) is 2.19. The van der Waals surface area contributed by atoms with E-state index >= 15 is 0 Å². The highest BCUT2D eigenvalue weighted by Gasteiger charge is 2.19. The fourth-order valence-electron chi connectivity index (χ4n) is 1.36. The zero-order chi connectivity index (χ0) is 13.9. The van der Waals surface area contributed by atoms with Crippen molar-refractivity contribution < 1.29 is 18.8 Å². The Labute approximate surface area is 103 Å². The SMILES string of the molecule is CC(C)(O)CNCc1cc([N+](=O)[O-])c(F)cc1F. The van der Waals surface area contributed by atoms with Gasteiger partial charge in [0.25, 0.3) is 0 Å². The maximum Gasteiger partial charge on any atom is 0.305 e. The van der Waals surface area contributed by atoms with E-state index in [4.69, 9.17) is 0 Å². The van der Waals surface area contributed by atoms with Crippen LogP contribution in [-0.4, -0.2) is 22.2 Å². The van der Waals surface area contributed by atoms with Gasteiger partial charge < -0.3 is 10.4 Å². The Kier molecular flexibility index (Phi) is 4.31. The lowest BCUT2D eigenvalue weighted by atomic mass is 10.1. The lowest BCUT2D eigenvalue weighted by Gasteiger charge is -2.17. The smallest absolute Gasteiger partial charge is 0.305 e. The summed E-state index contributed by atoms with van der Waals surface area (Å²) in [6, 6.07) is 1.33. The van der Waals surface area contributed by atoms with Gasteiger partial charge in [0.05, 0.1) is 10.5 Å². The molecule has 7 heteroatoms. The molecule has 0 aromatic heterocycles. The summed E-state index contributed by atoms with van der Waals surface area (Å²) in [7, 11) is 0. The van der Waals surface area contributed by atoms with Gasteiger partial charge in [-0.15, -0.1) is 0 Å². The average molecular weight is 260 g/mol. The second-order valence-electron chi connectivity index (χ2n) is 4.57. The molecule has 0 aliphatic rings. The molecule has 0 aliphatic heterocycles. The zero-order valence-electron chi connectivity index (χ0n) is 10.0. The van der Waals surface area contributed by atoms with Gasteiger partial charge in [-0.25, -0.2) is 4.39 Å². The van der Waals surface area contributed by atoms with Gasteiger partial charge in [0, 0.05) is 30.8 Å². The highest BCUT2D eigenvalue weighted by Crippen LogP contribution is 2.21. The first kappa shape index (κ1) is 14.5. The normalized spacial score (nSPS) is 11.6. The standard InChI is InChI=1S/C11H14F2N2O3/c1-11(2,16)6-14-5-7-3-10(15(17)18)9(13)4-8(7)12/h3-4,14,16H,5-6H2,1-2H3. The number of hydrogen-bond acceptors (Lipinski definition) is 4. The summed E-state index contributed by atoms with van der Waals surface area (Å²) >= 11 is 0. The van der Waals surface area contributed by atoms with Crippen LogP contribution in [0.3, 0.4) is 0 Å². The van der Waals surface area contributed by atoms with Gasteiger partial charge in [-0.2, -0.15) is 4.39 Å². The van der Waals surface area contributed by atoms with Crippen LogP contribution in [-0.2, 0) is 6.54 Å². The van der Waals surface area contributed by atoms with Crippen LogP contribution < -0.4 is 5.32 Å². The van der Waals surface area contributed by atoms with Crippen molar-refractivity contribution in [2.45, 2.75) is 26.0 Å². The molecule has 0 aliphatic carbocycles. The Balaban J connectivity index is 2.83. The molecule has 0 spiro atoms. The number of aliphatic hydroxyl groups is 1. The van der Waals surface area contributed by atoms with Gasteiger partial charge in [-0.1, -0.05) is 0 Å². The molecule has 100 valence electrons. The van der Waals surface area contributed by atoms with E-state index in [2.05, 4.69) is 5.32 Å². The summed E-state index contributed by atoms with van der Waals surface area (Å²) in [5, 5.41) is 22.7. The minimum atomic E-state index is -1.20. The average Bonchev–Trinajstić information content (AvgIpc) is 2.18. The molecule has 5 nitrogen and oxygen atoms in total. The van der Waals surface area contributed by atoms with Gasteiger partial charge in [0.2, 0.25) is 5.82 Å². The second kappa shape index (κ2) is 5.36. The molecular weight excluding hydrogens is 246 g/mol. The van der Waals surface area contributed by atoms with Crippen LogP contribution in [0.25, 0.3) is 0 Å². The monoisotopic (exact) mass is 260 g/mol. The molecule has 18 heavy (non-hydrogen) atoms. The predicted molar refractivity (Wildman–Crippen MR) is 61.0 cm³/mol. The number of benzene rings is 1. The van der Waals surface area contributed by atoms with Gasteiger partial charge >= 0.3 is 5.69 Å². The van der Waals surface area contributed by atoms with Crippen LogP contribution in [0.2, 0.25) is 0 Å². The van der Waals surface area contributed by atoms with Crippen LogP contribution in [0, 0.1) is 21.7 Å².